The summed E-state index contributed by atoms with van der Waals surface area (Å²) in [7, 11) is 0. The molecule has 0 spiro atoms. The van der Waals surface area contributed by atoms with Gasteiger partial charge in [0, 0.05) is 18.7 Å². The van der Waals surface area contributed by atoms with E-state index in [4.69, 9.17) is 28.9 Å². The molecule has 0 aromatic heterocycles. The quantitative estimate of drug-likeness (QED) is 0.530. The van der Waals surface area contributed by atoms with E-state index in [9.17, 15) is 4.79 Å². The van der Waals surface area contributed by atoms with Gasteiger partial charge in [0.05, 0.1) is 16.6 Å². The molecule has 6 heteroatoms. The van der Waals surface area contributed by atoms with Crippen LogP contribution in [0.15, 0.2) is 23.2 Å². The van der Waals surface area contributed by atoms with Crippen LogP contribution >= 0.6 is 23.2 Å². The number of rotatable bonds is 3. The van der Waals surface area contributed by atoms with Crippen LogP contribution in [0, 0.1) is 0 Å². The fraction of sp³-hybridized carbons (Fsp3) is 0.385. The highest BCUT2D eigenvalue weighted by Gasteiger charge is 2.20. The van der Waals surface area contributed by atoms with Crippen LogP contribution in [0.2, 0.25) is 5.02 Å². The smallest absolute Gasteiger partial charge is 0.253 e. The molecule has 19 heavy (non-hydrogen) atoms. The number of aliphatic imine (C=N–C) groups is 1. The highest BCUT2D eigenvalue weighted by molar-refractivity contribution is 6.33. The van der Waals surface area contributed by atoms with Crippen molar-refractivity contribution in [3.05, 3.63) is 28.8 Å². The van der Waals surface area contributed by atoms with Gasteiger partial charge < -0.3 is 10.6 Å². The van der Waals surface area contributed by atoms with Crippen LogP contribution in [0.4, 0.5) is 5.69 Å². The van der Waals surface area contributed by atoms with Gasteiger partial charge in [-0.3, -0.25) is 4.79 Å². The van der Waals surface area contributed by atoms with Crippen molar-refractivity contribution in [1.29, 1.82) is 0 Å². The van der Waals surface area contributed by atoms with Crippen LogP contribution < -0.4 is 5.73 Å². The van der Waals surface area contributed by atoms with E-state index in [1.54, 1.807) is 18.2 Å². The first-order chi connectivity index (χ1) is 9.11. The Labute approximate surface area is 122 Å². The number of carbonyl (C=O) groups excluding carboxylic acids is 1. The number of amides is 1. The molecule has 0 saturated carbocycles. The molecule has 1 aromatic rings. The molecule has 1 amide bonds. The predicted octanol–water partition coefficient (Wildman–Crippen LogP) is 2.80. The normalized spacial score (nSPS) is 15.9. The number of hydrogen-bond acceptors (Lipinski definition) is 2. The summed E-state index contributed by atoms with van der Waals surface area (Å²) in [5.41, 5.74) is 6.64. The molecule has 0 aliphatic carbocycles. The zero-order valence-corrected chi connectivity index (χ0v) is 11.9. The van der Waals surface area contributed by atoms with Crippen LogP contribution in [-0.4, -0.2) is 35.6 Å². The van der Waals surface area contributed by atoms with E-state index < -0.39 is 0 Å². The third-order valence-corrected chi connectivity index (χ3v) is 3.58. The lowest BCUT2D eigenvalue weighted by Gasteiger charge is -2.15. The zero-order chi connectivity index (χ0) is 13.8. The number of alkyl halides is 1. The lowest BCUT2D eigenvalue weighted by molar-refractivity contribution is 0.0793. The third-order valence-electron chi connectivity index (χ3n) is 2.99. The molecule has 0 unspecified atom stereocenters. The van der Waals surface area contributed by atoms with Crippen molar-refractivity contribution < 1.29 is 4.79 Å². The Balaban J connectivity index is 2.27. The Morgan fingerprint density at radius 1 is 1.37 bits per heavy atom. The van der Waals surface area contributed by atoms with Gasteiger partial charge in [0.1, 0.15) is 5.84 Å². The van der Waals surface area contributed by atoms with Crippen molar-refractivity contribution in [3.8, 4) is 0 Å². The summed E-state index contributed by atoms with van der Waals surface area (Å²) in [6.45, 7) is 1.62. The van der Waals surface area contributed by atoms with Gasteiger partial charge in [0.15, 0.2) is 0 Å². The molecule has 1 aromatic carbocycles. The highest BCUT2D eigenvalue weighted by atomic mass is 35.5. The molecule has 1 aliphatic rings. The van der Waals surface area contributed by atoms with Gasteiger partial charge in [-0.2, -0.15) is 0 Å². The summed E-state index contributed by atoms with van der Waals surface area (Å²) in [6.07, 6.45) is 2.12. The van der Waals surface area contributed by atoms with Crippen molar-refractivity contribution in [2.45, 2.75) is 12.8 Å². The maximum Gasteiger partial charge on any atom is 0.253 e. The molecule has 2 N–H and O–H groups in total. The number of halogens is 2. The van der Waals surface area contributed by atoms with Crippen LogP contribution in [0.5, 0.6) is 0 Å². The van der Waals surface area contributed by atoms with Gasteiger partial charge in [0.25, 0.3) is 5.91 Å². The molecule has 2 rings (SSSR count). The molecule has 1 aliphatic heterocycles. The summed E-state index contributed by atoms with van der Waals surface area (Å²) < 4.78 is 0. The molecule has 0 radical (unpaired) electrons. The monoisotopic (exact) mass is 299 g/mol. The number of likely N-dealkylation sites (tertiary alicyclic amines) is 1. The molecule has 0 bridgehead atoms. The molecular weight excluding hydrogens is 285 g/mol. The van der Waals surface area contributed by atoms with E-state index in [1.165, 1.54) is 0 Å². The first-order valence-electron chi connectivity index (χ1n) is 6.09. The maximum atomic E-state index is 12.2. The van der Waals surface area contributed by atoms with Crippen LogP contribution in [0.3, 0.4) is 0 Å². The molecule has 1 saturated heterocycles. The lowest BCUT2D eigenvalue weighted by Crippen LogP contribution is -2.27. The summed E-state index contributed by atoms with van der Waals surface area (Å²) in [6, 6.07) is 5.02. The Kier molecular flexibility index (Phi) is 4.66. The largest absolute Gasteiger partial charge is 0.386 e. The SMILES string of the molecule is NC(CCl)=Nc1cc(C(=O)N2CCCC2)ccc1Cl. The molecule has 1 fully saturated rings. The van der Waals surface area contributed by atoms with E-state index in [0.29, 0.717) is 16.3 Å². The Morgan fingerprint density at radius 3 is 2.68 bits per heavy atom. The number of amidine groups is 1. The average Bonchev–Trinajstić information content (AvgIpc) is 2.94. The maximum absolute atomic E-state index is 12.2. The van der Waals surface area contributed by atoms with E-state index in [1.807, 2.05) is 4.90 Å². The summed E-state index contributed by atoms with van der Waals surface area (Å²) >= 11 is 11.6. The van der Waals surface area contributed by atoms with Gasteiger partial charge in [-0.15, -0.1) is 11.6 Å². The van der Waals surface area contributed by atoms with Gasteiger partial charge in [-0.05, 0) is 31.0 Å². The second kappa shape index (κ2) is 6.26. The molecule has 0 atom stereocenters. The van der Waals surface area contributed by atoms with Crippen molar-refractivity contribution >= 4 is 40.6 Å². The standard InChI is InChI=1S/C13H15Cl2N3O/c14-8-12(16)17-11-7-9(3-4-10(11)15)13(19)18-5-1-2-6-18/h3-4,7H,1-2,5-6,8H2,(H2,16,17). The van der Waals surface area contributed by atoms with E-state index in [0.717, 1.165) is 25.9 Å². The number of nitrogens with two attached hydrogens (primary N) is 1. The van der Waals surface area contributed by atoms with Gasteiger partial charge in [0.2, 0.25) is 0 Å². The van der Waals surface area contributed by atoms with Gasteiger partial charge in [-0.25, -0.2) is 4.99 Å². The van der Waals surface area contributed by atoms with Crippen molar-refractivity contribution in [2.24, 2.45) is 10.7 Å². The minimum Gasteiger partial charge on any atom is -0.386 e. The third kappa shape index (κ3) is 3.39. The minimum absolute atomic E-state index is 0.00932. The highest BCUT2D eigenvalue weighted by Crippen LogP contribution is 2.27. The van der Waals surface area contributed by atoms with Crippen molar-refractivity contribution in [1.82, 2.24) is 4.90 Å². The van der Waals surface area contributed by atoms with Crippen LogP contribution in [-0.2, 0) is 0 Å². The average molecular weight is 300 g/mol. The number of carbonyl (C=O) groups is 1. The van der Waals surface area contributed by atoms with Gasteiger partial charge in [-0.1, -0.05) is 11.6 Å². The fourth-order valence-corrected chi connectivity index (χ4v) is 2.24. The van der Waals surface area contributed by atoms with E-state index in [-0.39, 0.29) is 17.6 Å². The summed E-state index contributed by atoms with van der Waals surface area (Å²) in [4.78, 5) is 18.2. The topological polar surface area (TPSA) is 58.7 Å². The van der Waals surface area contributed by atoms with E-state index >= 15 is 0 Å². The summed E-state index contributed by atoms with van der Waals surface area (Å²) in [5.74, 6) is 0.407. The van der Waals surface area contributed by atoms with Crippen molar-refractivity contribution in [3.63, 3.8) is 0 Å². The number of benzene rings is 1. The van der Waals surface area contributed by atoms with Crippen LogP contribution in [0.1, 0.15) is 23.2 Å². The van der Waals surface area contributed by atoms with Crippen LogP contribution in [0.25, 0.3) is 0 Å². The number of nitrogens with zero attached hydrogens (tertiary/aromatic N) is 2. The zero-order valence-electron chi connectivity index (χ0n) is 10.4. The Bertz CT molecular complexity index is 511. The second-order valence-electron chi connectivity index (χ2n) is 4.40. The second-order valence-corrected chi connectivity index (χ2v) is 5.08. The minimum atomic E-state index is 0.00932. The summed E-state index contributed by atoms with van der Waals surface area (Å²) in [5, 5.41) is 0.450. The lowest BCUT2D eigenvalue weighted by atomic mass is 10.2. The van der Waals surface area contributed by atoms with E-state index in [2.05, 4.69) is 4.99 Å². The molecular formula is C13H15Cl2N3O. The predicted molar refractivity (Wildman–Crippen MR) is 78.6 cm³/mol. The molecule has 102 valence electrons. The van der Waals surface area contributed by atoms with Crippen molar-refractivity contribution in [2.75, 3.05) is 19.0 Å². The Hall–Kier alpha value is -1.26. The fourth-order valence-electron chi connectivity index (χ4n) is 2.02. The van der Waals surface area contributed by atoms with Gasteiger partial charge >= 0.3 is 0 Å². The first kappa shape index (κ1) is 14.2. The number of hydrogen-bond donors (Lipinski definition) is 1. The molecule has 1 heterocycles. The molecule has 4 nitrogen and oxygen atoms in total. The first-order valence-corrected chi connectivity index (χ1v) is 7.01. The Morgan fingerprint density at radius 2 is 2.05 bits per heavy atom.